The summed E-state index contributed by atoms with van der Waals surface area (Å²) < 4.78 is 9.89. The van der Waals surface area contributed by atoms with Crippen LogP contribution in [-0.2, 0) is 9.47 Å². The van der Waals surface area contributed by atoms with Crippen LogP contribution in [0.2, 0.25) is 0 Å². The average molecular weight is 160 g/mol. The third kappa shape index (κ3) is 2.00. The van der Waals surface area contributed by atoms with Crippen molar-refractivity contribution in [2.24, 2.45) is 0 Å². The largest absolute Gasteiger partial charge is 0.388 e. The third-order valence-corrected chi connectivity index (χ3v) is 1.48. The minimum atomic E-state index is -0.935. The molecule has 4 heteroatoms. The summed E-state index contributed by atoms with van der Waals surface area (Å²) in [5.74, 6) is 0. The zero-order chi connectivity index (χ0) is 8.27. The van der Waals surface area contributed by atoms with Gasteiger partial charge in [0.1, 0.15) is 12.2 Å². The van der Waals surface area contributed by atoms with Gasteiger partial charge < -0.3 is 19.7 Å². The zero-order valence-corrected chi connectivity index (χ0v) is 6.14. The van der Waals surface area contributed by atoms with E-state index in [1.54, 1.807) is 6.08 Å². The summed E-state index contributed by atoms with van der Waals surface area (Å²) in [6, 6.07) is 0. The molecule has 1 aliphatic heterocycles. The molecule has 0 aromatic heterocycles. The first-order valence-corrected chi connectivity index (χ1v) is 3.46. The Labute approximate surface area is 65.0 Å². The molecular formula is C7H12O4. The molecule has 2 N–H and O–H groups in total. The molecule has 11 heavy (non-hydrogen) atoms. The normalized spacial score (nSPS) is 37.5. The molecule has 3 atom stereocenters. The molecule has 0 unspecified atom stereocenters. The predicted octanol–water partition coefficient (Wildman–Crippen LogP) is -0.733. The minimum Gasteiger partial charge on any atom is -0.388 e. The fourth-order valence-corrected chi connectivity index (χ4v) is 0.882. The zero-order valence-electron chi connectivity index (χ0n) is 6.14. The molecule has 0 radical (unpaired) electrons. The summed E-state index contributed by atoms with van der Waals surface area (Å²) in [5, 5.41) is 18.1. The molecule has 64 valence electrons. The van der Waals surface area contributed by atoms with Crippen molar-refractivity contribution in [2.45, 2.75) is 18.5 Å². The van der Waals surface area contributed by atoms with Crippen LogP contribution in [0.5, 0.6) is 0 Å². The summed E-state index contributed by atoms with van der Waals surface area (Å²) >= 11 is 0. The van der Waals surface area contributed by atoms with Crippen molar-refractivity contribution in [1.82, 2.24) is 0 Å². The van der Waals surface area contributed by atoms with Gasteiger partial charge in [-0.05, 0) is 0 Å². The van der Waals surface area contributed by atoms with Crippen LogP contribution >= 0.6 is 0 Å². The van der Waals surface area contributed by atoms with Gasteiger partial charge in [0, 0.05) is 0 Å². The second-order valence-electron chi connectivity index (χ2n) is 2.38. The Morgan fingerprint density at radius 2 is 2.36 bits per heavy atom. The molecule has 1 heterocycles. The van der Waals surface area contributed by atoms with Gasteiger partial charge in [-0.2, -0.15) is 0 Å². The van der Waals surface area contributed by atoms with Crippen LogP contribution < -0.4 is 0 Å². The van der Waals surface area contributed by atoms with E-state index in [-0.39, 0.29) is 6.61 Å². The SMILES string of the molecule is C=CCO[C@H]1OC[C@@H](O)[C@H]1O. The van der Waals surface area contributed by atoms with Crippen molar-refractivity contribution < 1.29 is 19.7 Å². The average Bonchev–Trinajstić information content (AvgIpc) is 2.31. The van der Waals surface area contributed by atoms with E-state index in [1.807, 2.05) is 0 Å². The molecule has 0 amide bonds. The summed E-state index contributed by atoms with van der Waals surface area (Å²) in [5.41, 5.74) is 0. The van der Waals surface area contributed by atoms with E-state index in [4.69, 9.17) is 19.7 Å². The summed E-state index contributed by atoms with van der Waals surface area (Å²) in [6.45, 7) is 3.88. The van der Waals surface area contributed by atoms with Gasteiger partial charge in [-0.15, -0.1) is 6.58 Å². The number of hydrogen-bond acceptors (Lipinski definition) is 4. The van der Waals surface area contributed by atoms with Gasteiger partial charge in [0.05, 0.1) is 13.2 Å². The Bertz CT molecular complexity index is 136. The molecule has 4 nitrogen and oxygen atoms in total. The second kappa shape index (κ2) is 3.82. The van der Waals surface area contributed by atoms with Crippen molar-refractivity contribution in [3.8, 4) is 0 Å². The maximum atomic E-state index is 9.15. The lowest BCUT2D eigenvalue weighted by molar-refractivity contribution is -0.145. The lowest BCUT2D eigenvalue weighted by Crippen LogP contribution is -2.31. The monoisotopic (exact) mass is 160 g/mol. The van der Waals surface area contributed by atoms with E-state index in [0.29, 0.717) is 6.61 Å². The van der Waals surface area contributed by atoms with Crippen LogP contribution in [0.25, 0.3) is 0 Å². The smallest absolute Gasteiger partial charge is 0.186 e. The van der Waals surface area contributed by atoms with Crippen LogP contribution in [0.4, 0.5) is 0 Å². The molecule has 1 rings (SSSR count). The van der Waals surface area contributed by atoms with Crippen molar-refractivity contribution in [3.63, 3.8) is 0 Å². The lowest BCUT2D eigenvalue weighted by atomic mass is 10.2. The second-order valence-corrected chi connectivity index (χ2v) is 2.38. The highest BCUT2D eigenvalue weighted by Gasteiger charge is 2.34. The third-order valence-electron chi connectivity index (χ3n) is 1.48. The van der Waals surface area contributed by atoms with Gasteiger partial charge in [-0.3, -0.25) is 0 Å². The minimum absolute atomic E-state index is 0.128. The number of ether oxygens (including phenoxy) is 2. The van der Waals surface area contributed by atoms with Gasteiger partial charge in [0.25, 0.3) is 0 Å². The highest BCUT2D eigenvalue weighted by molar-refractivity contribution is 4.78. The van der Waals surface area contributed by atoms with E-state index < -0.39 is 18.5 Å². The first kappa shape index (κ1) is 8.67. The molecule has 0 spiro atoms. The first-order chi connectivity index (χ1) is 5.25. The van der Waals surface area contributed by atoms with Gasteiger partial charge in [-0.1, -0.05) is 6.08 Å². The van der Waals surface area contributed by atoms with Gasteiger partial charge in [0.15, 0.2) is 6.29 Å². The molecule has 0 aromatic rings. The summed E-state index contributed by atoms with van der Waals surface area (Å²) in [6.07, 6.45) is -0.913. The number of aliphatic hydroxyl groups excluding tert-OH is 2. The molecule has 0 aromatic carbocycles. The van der Waals surface area contributed by atoms with E-state index >= 15 is 0 Å². The molecule has 0 aliphatic carbocycles. The van der Waals surface area contributed by atoms with Gasteiger partial charge in [-0.25, -0.2) is 0 Å². The predicted molar refractivity (Wildman–Crippen MR) is 37.9 cm³/mol. The van der Waals surface area contributed by atoms with Crippen molar-refractivity contribution in [3.05, 3.63) is 12.7 Å². The molecule has 0 bridgehead atoms. The Kier molecular flexibility index (Phi) is 3.02. The van der Waals surface area contributed by atoms with E-state index in [0.717, 1.165) is 0 Å². The lowest BCUT2D eigenvalue weighted by Gasteiger charge is -2.13. The maximum Gasteiger partial charge on any atom is 0.186 e. The van der Waals surface area contributed by atoms with Crippen LogP contribution in [0.3, 0.4) is 0 Å². The van der Waals surface area contributed by atoms with Gasteiger partial charge >= 0.3 is 0 Å². The van der Waals surface area contributed by atoms with Gasteiger partial charge in [0.2, 0.25) is 0 Å². The van der Waals surface area contributed by atoms with Crippen molar-refractivity contribution in [2.75, 3.05) is 13.2 Å². The Balaban J connectivity index is 2.29. The molecule has 0 saturated carbocycles. The van der Waals surface area contributed by atoms with Crippen LogP contribution in [0, 0.1) is 0 Å². The standard InChI is InChI=1S/C7H12O4/c1-2-3-10-7-6(9)5(8)4-11-7/h2,5-9H,1,3-4H2/t5-,6-,7+/m1/s1. The van der Waals surface area contributed by atoms with Crippen LogP contribution in [-0.4, -0.2) is 41.9 Å². The first-order valence-electron chi connectivity index (χ1n) is 3.46. The number of hydrogen-bond donors (Lipinski definition) is 2. The molecular weight excluding hydrogens is 148 g/mol. The van der Waals surface area contributed by atoms with Crippen molar-refractivity contribution in [1.29, 1.82) is 0 Å². The fraction of sp³-hybridized carbons (Fsp3) is 0.714. The quantitative estimate of drug-likeness (QED) is 0.534. The fourth-order valence-electron chi connectivity index (χ4n) is 0.882. The number of aliphatic hydroxyl groups is 2. The van der Waals surface area contributed by atoms with Crippen molar-refractivity contribution >= 4 is 0 Å². The van der Waals surface area contributed by atoms with Crippen LogP contribution in [0.1, 0.15) is 0 Å². The highest BCUT2D eigenvalue weighted by Crippen LogP contribution is 2.14. The maximum absolute atomic E-state index is 9.15. The van der Waals surface area contributed by atoms with Crippen LogP contribution in [0.15, 0.2) is 12.7 Å². The van der Waals surface area contributed by atoms with E-state index in [2.05, 4.69) is 6.58 Å². The summed E-state index contributed by atoms with van der Waals surface area (Å²) in [7, 11) is 0. The topological polar surface area (TPSA) is 58.9 Å². The molecule has 1 fully saturated rings. The Morgan fingerprint density at radius 1 is 1.64 bits per heavy atom. The highest BCUT2D eigenvalue weighted by atomic mass is 16.7. The molecule has 1 saturated heterocycles. The van der Waals surface area contributed by atoms with E-state index in [9.17, 15) is 0 Å². The Hall–Kier alpha value is -0.420. The molecule has 1 aliphatic rings. The summed E-state index contributed by atoms with van der Waals surface area (Å²) in [4.78, 5) is 0. The number of rotatable bonds is 3. The Morgan fingerprint density at radius 3 is 2.82 bits per heavy atom. The van der Waals surface area contributed by atoms with E-state index in [1.165, 1.54) is 0 Å².